The number of amides is 1. The zero-order valence-electron chi connectivity index (χ0n) is 18.3. The number of nitrogens with one attached hydrogen (secondary N) is 1. The Balaban J connectivity index is 1.53. The molecule has 0 spiro atoms. The van der Waals surface area contributed by atoms with Gasteiger partial charge in [-0.15, -0.1) is 0 Å². The summed E-state index contributed by atoms with van der Waals surface area (Å²) in [7, 11) is 0. The molecular weight excluding hydrogens is 401 g/mol. The van der Waals surface area contributed by atoms with Crippen LogP contribution in [-0.2, 0) is 14.3 Å². The zero-order chi connectivity index (χ0) is 22.0. The summed E-state index contributed by atoms with van der Waals surface area (Å²) in [6, 6.07) is 0. The Hall–Kier alpha value is -0.940. The predicted molar refractivity (Wildman–Crippen MR) is 108 cm³/mol. The predicted octanol–water partition coefficient (Wildman–Crippen LogP) is 1.05. The molecule has 2 rings (SSSR count). The number of rotatable bonds is 11. The van der Waals surface area contributed by atoms with Crippen molar-refractivity contribution in [1.29, 1.82) is 0 Å². The third-order valence-electron chi connectivity index (χ3n) is 5.23. The van der Waals surface area contributed by atoms with Gasteiger partial charge in [0.25, 0.3) is 0 Å². The molecule has 0 bridgehead atoms. The largest absolute Gasteiger partial charge is 0.411 e. The van der Waals surface area contributed by atoms with Crippen LogP contribution in [0, 0.1) is 5.92 Å². The molecule has 7 nitrogen and oxygen atoms in total. The summed E-state index contributed by atoms with van der Waals surface area (Å²) in [5, 5.41) is 2.99. The van der Waals surface area contributed by atoms with Gasteiger partial charge in [-0.3, -0.25) is 14.6 Å². The monoisotopic (exact) mass is 438 g/mol. The lowest BCUT2D eigenvalue weighted by atomic mass is 10.2. The number of alkyl halides is 3. The first-order valence-corrected chi connectivity index (χ1v) is 10.9. The molecular formula is C20H37F3N4O3. The van der Waals surface area contributed by atoms with Crippen LogP contribution < -0.4 is 5.32 Å². The van der Waals surface area contributed by atoms with E-state index in [0.717, 1.165) is 45.8 Å². The fraction of sp³-hybridized carbons (Fsp3) is 0.950. The van der Waals surface area contributed by atoms with Gasteiger partial charge in [0.05, 0.1) is 19.3 Å². The first-order valence-electron chi connectivity index (χ1n) is 10.9. The molecule has 0 radical (unpaired) electrons. The second-order valence-electron chi connectivity index (χ2n) is 8.59. The molecule has 0 aromatic carbocycles. The Bertz CT molecular complexity index is 500. The maximum Gasteiger partial charge on any atom is 0.411 e. The van der Waals surface area contributed by atoms with Gasteiger partial charge in [-0.1, -0.05) is 13.8 Å². The van der Waals surface area contributed by atoms with E-state index < -0.39 is 12.8 Å². The van der Waals surface area contributed by atoms with Crippen molar-refractivity contribution in [3.8, 4) is 0 Å². The molecule has 2 heterocycles. The van der Waals surface area contributed by atoms with Crippen molar-refractivity contribution in [1.82, 2.24) is 20.0 Å². The van der Waals surface area contributed by atoms with Gasteiger partial charge in [0.15, 0.2) is 0 Å². The molecule has 0 aromatic heterocycles. The van der Waals surface area contributed by atoms with Crippen LogP contribution in [0.5, 0.6) is 0 Å². The van der Waals surface area contributed by atoms with E-state index in [1.54, 1.807) is 0 Å². The standard InChI is InChI=1S/C20H37F3N4O3/c1-17(2)13-27-9-11-30-18(14-27)12-24-19(28)15-26-7-5-25(6-8-26)4-3-10-29-16-20(21,22)23/h17-18H,3-16H2,1-2H3,(H,24,28). The van der Waals surface area contributed by atoms with Crippen LogP contribution in [-0.4, -0.2) is 118 Å². The third kappa shape index (κ3) is 10.9. The van der Waals surface area contributed by atoms with E-state index in [-0.39, 0.29) is 18.6 Å². The molecule has 176 valence electrons. The SMILES string of the molecule is CC(C)CN1CCOC(CNC(=O)CN2CCN(CCCOCC(F)(F)F)CC2)C1. The molecule has 2 fully saturated rings. The van der Waals surface area contributed by atoms with Crippen LogP contribution in [0.25, 0.3) is 0 Å². The number of nitrogens with zero attached hydrogens (tertiary/aromatic N) is 3. The van der Waals surface area contributed by atoms with Gasteiger partial charge in [0.2, 0.25) is 5.91 Å². The van der Waals surface area contributed by atoms with Crippen molar-refractivity contribution < 1.29 is 27.4 Å². The van der Waals surface area contributed by atoms with E-state index in [1.165, 1.54) is 0 Å². The average molecular weight is 439 g/mol. The summed E-state index contributed by atoms with van der Waals surface area (Å²) in [5.74, 6) is 0.623. The Morgan fingerprint density at radius 2 is 1.83 bits per heavy atom. The van der Waals surface area contributed by atoms with Gasteiger partial charge in [-0.05, 0) is 12.3 Å². The molecule has 2 saturated heterocycles. The second kappa shape index (κ2) is 12.8. The molecule has 2 aliphatic heterocycles. The molecule has 10 heteroatoms. The highest BCUT2D eigenvalue weighted by Gasteiger charge is 2.27. The van der Waals surface area contributed by atoms with Gasteiger partial charge in [0.1, 0.15) is 6.61 Å². The van der Waals surface area contributed by atoms with Gasteiger partial charge in [-0.25, -0.2) is 0 Å². The van der Waals surface area contributed by atoms with E-state index in [1.807, 2.05) is 0 Å². The van der Waals surface area contributed by atoms with Gasteiger partial charge in [-0.2, -0.15) is 13.2 Å². The molecule has 0 aliphatic carbocycles. The average Bonchev–Trinajstić information content (AvgIpc) is 2.66. The number of carbonyl (C=O) groups is 1. The number of halogens is 3. The fourth-order valence-corrected chi connectivity index (χ4v) is 3.82. The first kappa shape index (κ1) is 25.3. The molecule has 1 unspecified atom stereocenters. The van der Waals surface area contributed by atoms with E-state index in [2.05, 4.69) is 38.6 Å². The Kier molecular flexibility index (Phi) is 10.8. The maximum atomic E-state index is 12.3. The second-order valence-corrected chi connectivity index (χ2v) is 8.59. The molecule has 1 N–H and O–H groups in total. The zero-order valence-corrected chi connectivity index (χ0v) is 18.3. The maximum absolute atomic E-state index is 12.3. The van der Waals surface area contributed by atoms with Crippen molar-refractivity contribution in [2.24, 2.45) is 5.92 Å². The Morgan fingerprint density at radius 3 is 2.50 bits per heavy atom. The van der Waals surface area contributed by atoms with E-state index in [9.17, 15) is 18.0 Å². The summed E-state index contributed by atoms with van der Waals surface area (Å²) in [6.45, 7) is 11.7. The van der Waals surface area contributed by atoms with Crippen molar-refractivity contribution >= 4 is 5.91 Å². The van der Waals surface area contributed by atoms with Gasteiger partial charge < -0.3 is 19.7 Å². The number of hydrogen-bond donors (Lipinski definition) is 1. The van der Waals surface area contributed by atoms with Crippen LogP contribution in [0.2, 0.25) is 0 Å². The first-order chi connectivity index (χ1) is 14.2. The van der Waals surface area contributed by atoms with Crippen molar-refractivity contribution in [3.63, 3.8) is 0 Å². The van der Waals surface area contributed by atoms with E-state index >= 15 is 0 Å². The van der Waals surface area contributed by atoms with Crippen LogP contribution in [0.15, 0.2) is 0 Å². The van der Waals surface area contributed by atoms with Gasteiger partial charge >= 0.3 is 6.18 Å². The van der Waals surface area contributed by atoms with Crippen molar-refractivity contribution in [3.05, 3.63) is 0 Å². The van der Waals surface area contributed by atoms with E-state index in [4.69, 9.17) is 4.74 Å². The highest BCUT2D eigenvalue weighted by molar-refractivity contribution is 5.78. The molecule has 1 amide bonds. The number of ether oxygens (including phenoxy) is 2. The molecule has 0 aromatic rings. The Morgan fingerprint density at radius 1 is 1.13 bits per heavy atom. The van der Waals surface area contributed by atoms with Gasteiger partial charge in [0, 0.05) is 65.5 Å². The third-order valence-corrected chi connectivity index (χ3v) is 5.23. The summed E-state index contributed by atoms with van der Waals surface area (Å²) >= 11 is 0. The lowest BCUT2D eigenvalue weighted by molar-refractivity contribution is -0.174. The lowest BCUT2D eigenvalue weighted by Crippen LogP contribution is -2.52. The lowest BCUT2D eigenvalue weighted by Gasteiger charge is -2.35. The summed E-state index contributed by atoms with van der Waals surface area (Å²) in [6.07, 6.45) is -3.65. The molecule has 2 aliphatic rings. The number of hydrogen-bond acceptors (Lipinski definition) is 6. The minimum absolute atomic E-state index is 0.00795. The van der Waals surface area contributed by atoms with E-state index in [0.29, 0.717) is 38.6 Å². The topological polar surface area (TPSA) is 57.3 Å². The normalized spacial score (nSPS) is 22.5. The smallest absolute Gasteiger partial charge is 0.374 e. The number of morpholine rings is 1. The van der Waals surface area contributed by atoms with Crippen LogP contribution in [0.3, 0.4) is 0 Å². The summed E-state index contributed by atoms with van der Waals surface area (Å²) < 4.78 is 46.5. The van der Waals surface area contributed by atoms with Crippen molar-refractivity contribution in [2.75, 3.05) is 85.3 Å². The van der Waals surface area contributed by atoms with Crippen LogP contribution in [0.4, 0.5) is 13.2 Å². The number of carbonyl (C=O) groups excluding carboxylic acids is 1. The highest BCUT2D eigenvalue weighted by atomic mass is 19.4. The fourth-order valence-electron chi connectivity index (χ4n) is 3.82. The van der Waals surface area contributed by atoms with Crippen molar-refractivity contribution in [2.45, 2.75) is 32.5 Å². The quantitative estimate of drug-likeness (QED) is 0.487. The minimum atomic E-state index is -4.26. The molecule has 0 saturated carbocycles. The molecule has 1 atom stereocenters. The minimum Gasteiger partial charge on any atom is -0.374 e. The van der Waals surface area contributed by atoms with Crippen LogP contribution >= 0.6 is 0 Å². The highest BCUT2D eigenvalue weighted by Crippen LogP contribution is 2.14. The summed E-state index contributed by atoms with van der Waals surface area (Å²) in [5.41, 5.74) is 0. The molecule has 30 heavy (non-hydrogen) atoms. The number of piperazine rings is 1. The summed E-state index contributed by atoms with van der Waals surface area (Å²) in [4.78, 5) is 19.0. The van der Waals surface area contributed by atoms with Crippen LogP contribution in [0.1, 0.15) is 20.3 Å². The Labute approximate surface area is 177 Å².